The molecule has 0 heterocycles. The minimum atomic E-state index is -0.607. The average molecular weight is 414 g/mol. The highest BCUT2D eigenvalue weighted by Gasteiger charge is 2.22. The SMILES string of the molecule is CCCOc1ccc(C(=O)OC(C)C(C)OC(=O)c2ccc(OCCC)cc2)cc1. The number of esters is 2. The molecule has 0 aromatic heterocycles. The van der Waals surface area contributed by atoms with Crippen LogP contribution in [0.2, 0.25) is 0 Å². The van der Waals surface area contributed by atoms with Crippen LogP contribution in [0.3, 0.4) is 0 Å². The zero-order chi connectivity index (χ0) is 21.9. The summed E-state index contributed by atoms with van der Waals surface area (Å²) in [5.41, 5.74) is 0.818. The van der Waals surface area contributed by atoms with E-state index in [1.807, 2.05) is 13.8 Å². The molecule has 0 amide bonds. The fraction of sp³-hybridized carbons (Fsp3) is 0.417. The van der Waals surface area contributed by atoms with Gasteiger partial charge in [0, 0.05) is 0 Å². The summed E-state index contributed by atoms with van der Waals surface area (Å²) in [5, 5.41) is 0. The third kappa shape index (κ3) is 7.10. The summed E-state index contributed by atoms with van der Waals surface area (Å²) in [4.78, 5) is 24.7. The van der Waals surface area contributed by atoms with Crippen molar-refractivity contribution >= 4 is 11.9 Å². The molecule has 0 aliphatic carbocycles. The molecular formula is C24H30O6. The first-order valence-electron chi connectivity index (χ1n) is 10.3. The zero-order valence-corrected chi connectivity index (χ0v) is 18.1. The molecule has 0 aliphatic heterocycles. The Labute approximate surface area is 178 Å². The number of benzene rings is 2. The Bertz CT molecular complexity index is 728. The Morgan fingerprint density at radius 1 is 0.667 bits per heavy atom. The monoisotopic (exact) mass is 414 g/mol. The van der Waals surface area contributed by atoms with Crippen LogP contribution in [0.1, 0.15) is 61.3 Å². The fourth-order valence-electron chi connectivity index (χ4n) is 2.48. The van der Waals surface area contributed by atoms with Crippen LogP contribution in [0.4, 0.5) is 0 Å². The highest BCUT2D eigenvalue weighted by atomic mass is 16.6. The van der Waals surface area contributed by atoms with Gasteiger partial charge >= 0.3 is 11.9 Å². The zero-order valence-electron chi connectivity index (χ0n) is 18.1. The minimum Gasteiger partial charge on any atom is -0.494 e. The first-order chi connectivity index (χ1) is 14.4. The first-order valence-corrected chi connectivity index (χ1v) is 10.3. The Kier molecular flexibility index (Phi) is 9.19. The van der Waals surface area contributed by atoms with Crippen LogP contribution >= 0.6 is 0 Å². The van der Waals surface area contributed by atoms with E-state index < -0.39 is 24.1 Å². The van der Waals surface area contributed by atoms with Crippen molar-refractivity contribution in [2.45, 2.75) is 52.7 Å². The Balaban J connectivity index is 1.86. The molecule has 2 aromatic carbocycles. The predicted octanol–water partition coefficient (Wildman–Crippen LogP) is 5.06. The number of rotatable bonds is 11. The summed E-state index contributed by atoms with van der Waals surface area (Å²) in [5.74, 6) is 0.444. The molecule has 0 aliphatic rings. The Morgan fingerprint density at radius 2 is 1.00 bits per heavy atom. The van der Waals surface area contributed by atoms with E-state index in [-0.39, 0.29) is 0 Å². The number of carbonyl (C=O) groups excluding carboxylic acids is 2. The maximum absolute atomic E-state index is 12.3. The molecule has 0 radical (unpaired) electrons. The van der Waals surface area contributed by atoms with Gasteiger partial charge in [-0.3, -0.25) is 0 Å². The van der Waals surface area contributed by atoms with Gasteiger partial charge in [-0.1, -0.05) is 13.8 Å². The van der Waals surface area contributed by atoms with E-state index in [2.05, 4.69) is 0 Å². The number of ether oxygens (including phenoxy) is 4. The summed E-state index contributed by atoms with van der Waals surface area (Å²) >= 11 is 0. The second-order valence-corrected chi connectivity index (χ2v) is 6.97. The van der Waals surface area contributed by atoms with Crippen molar-refractivity contribution in [2.24, 2.45) is 0 Å². The van der Waals surface area contributed by atoms with Gasteiger partial charge in [0.2, 0.25) is 0 Å². The van der Waals surface area contributed by atoms with E-state index >= 15 is 0 Å². The van der Waals surface area contributed by atoms with Gasteiger partial charge in [0.15, 0.2) is 0 Å². The lowest BCUT2D eigenvalue weighted by Crippen LogP contribution is -2.30. The lowest BCUT2D eigenvalue weighted by atomic mass is 10.2. The van der Waals surface area contributed by atoms with Gasteiger partial charge in [0.05, 0.1) is 24.3 Å². The second-order valence-electron chi connectivity index (χ2n) is 6.97. The molecule has 2 atom stereocenters. The molecule has 30 heavy (non-hydrogen) atoms. The normalized spacial score (nSPS) is 12.5. The van der Waals surface area contributed by atoms with Gasteiger partial charge in [-0.15, -0.1) is 0 Å². The van der Waals surface area contributed by atoms with E-state index in [9.17, 15) is 9.59 Å². The number of hydrogen-bond donors (Lipinski definition) is 0. The van der Waals surface area contributed by atoms with Crippen molar-refractivity contribution < 1.29 is 28.5 Å². The third-order valence-corrected chi connectivity index (χ3v) is 4.37. The third-order valence-electron chi connectivity index (χ3n) is 4.37. The van der Waals surface area contributed by atoms with Gasteiger partial charge < -0.3 is 18.9 Å². The number of carbonyl (C=O) groups is 2. The number of hydrogen-bond acceptors (Lipinski definition) is 6. The van der Waals surface area contributed by atoms with E-state index in [1.54, 1.807) is 62.4 Å². The molecule has 2 rings (SSSR count). The molecule has 6 heteroatoms. The molecule has 2 unspecified atom stereocenters. The quantitative estimate of drug-likeness (QED) is 0.479. The largest absolute Gasteiger partial charge is 0.494 e. The van der Waals surface area contributed by atoms with Crippen LogP contribution in [0.25, 0.3) is 0 Å². The van der Waals surface area contributed by atoms with Gasteiger partial charge in [-0.2, -0.15) is 0 Å². The maximum atomic E-state index is 12.3. The van der Waals surface area contributed by atoms with Crippen molar-refractivity contribution in [3.63, 3.8) is 0 Å². The highest BCUT2D eigenvalue weighted by molar-refractivity contribution is 5.90. The molecule has 162 valence electrons. The van der Waals surface area contributed by atoms with Crippen LogP contribution in [0.5, 0.6) is 11.5 Å². The molecule has 6 nitrogen and oxygen atoms in total. The van der Waals surface area contributed by atoms with Gasteiger partial charge in [-0.05, 0) is 75.2 Å². The lowest BCUT2D eigenvalue weighted by Gasteiger charge is -2.21. The second kappa shape index (κ2) is 11.9. The smallest absolute Gasteiger partial charge is 0.338 e. The van der Waals surface area contributed by atoms with Gasteiger partial charge in [0.1, 0.15) is 23.7 Å². The van der Waals surface area contributed by atoms with E-state index in [1.165, 1.54) is 0 Å². The highest BCUT2D eigenvalue weighted by Crippen LogP contribution is 2.17. The minimum absolute atomic E-state index is 0.409. The summed E-state index contributed by atoms with van der Waals surface area (Å²) in [7, 11) is 0. The molecule has 2 aromatic rings. The summed E-state index contributed by atoms with van der Waals surface area (Å²) in [6.07, 6.45) is 0.609. The lowest BCUT2D eigenvalue weighted by molar-refractivity contribution is -0.0239. The first kappa shape index (κ1) is 23.3. The van der Waals surface area contributed by atoms with Crippen molar-refractivity contribution in [1.82, 2.24) is 0 Å². The summed E-state index contributed by atoms with van der Waals surface area (Å²) in [6, 6.07) is 13.5. The van der Waals surface area contributed by atoms with Crippen molar-refractivity contribution in [2.75, 3.05) is 13.2 Å². The topological polar surface area (TPSA) is 71.1 Å². The van der Waals surface area contributed by atoms with Crippen molar-refractivity contribution in [1.29, 1.82) is 0 Å². The van der Waals surface area contributed by atoms with Gasteiger partial charge in [-0.25, -0.2) is 9.59 Å². The maximum Gasteiger partial charge on any atom is 0.338 e. The molecule has 0 saturated carbocycles. The van der Waals surface area contributed by atoms with Crippen LogP contribution in [-0.2, 0) is 9.47 Å². The molecule has 0 spiro atoms. The van der Waals surface area contributed by atoms with E-state index in [0.717, 1.165) is 12.8 Å². The molecule has 0 saturated heterocycles. The van der Waals surface area contributed by atoms with E-state index in [0.29, 0.717) is 35.8 Å². The average Bonchev–Trinajstić information content (AvgIpc) is 2.76. The summed E-state index contributed by atoms with van der Waals surface area (Å²) in [6.45, 7) is 8.68. The van der Waals surface area contributed by atoms with Gasteiger partial charge in [0.25, 0.3) is 0 Å². The van der Waals surface area contributed by atoms with Crippen LogP contribution in [0.15, 0.2) is 48.5 Å². The summed E-state index contributed by atoms with van der Waals surface area (Å²) < 4.78 is 21.9. The van der Waals surface area contributed by atoms with E-state index in [4.69, 9.17) is 18.9 Å². The Hall–Kier alpha value is -3.02. The predicted molar refractivity (Wildman–Crippen MR) is 114 cm³/mol. The standard InChI is InChI=1S/C24H30O6/c1-5-15-27-21-11-7-19(8-12-21)23(25)29-17(3)18(4)30-24(26)20-9-13-22(14-10-20)28-16-6-2/h7-14,17-18H,5-6,15-16H2,1-4H3. The van der Waals surface area contributed by atoms with Crippen molar-refractivity contribution in [3.8, 4) is 11.5 Å². The molecule has 0 bridgehead atoms. The molecular weight excluding hydrogens is 384 g/mol. The fourth-order valence-corrected chi connectivity index (χ4v) is 2.48. The van der Waals surface area contributed by atoms with Crippen LogP contribution in [-0.4, -0.2) is 37.4 Å². The van der Waals surface area contributed by atoms with Crippen LogP contribution < -0.4 is 9.47 Å². The molecule has 0 N–H and O–H groups in total. The van der Waals surface area contributed by atoms with Crippen LogP contribution in [0, 0.1) is 0 Å². The Morgan fingerprint density at radius 3 is 1.30 bits per heavy atom. The molecule has 0 fully saturated rings. The van der Waals surface area contributed by atoms with Crippen molar-refractivity contribution in [3.05, 3.63) is 59.7 Å².